The molecule has 118 valence electrons. The van der Waals surface area contributed by atoms with Crippen LogP contribution in [0, 0.1) is 0 Å². The Morgan fingerprint density at radius 2 is 1.38 bits per heavy atom. The van der Waals surface area contributed by atoms with Crippen LogP contribution in [0.5, 0.6) is 0 Å². The van der Waals surface area contributed by atoms with Gasteiger partial charge in [-0.25, -0.2) is 0 Å². The van der Waals surface area contributed by atoms with E-state index in [9.17, 15) is 0 Å². The van der Waals surface area contributed by atoms with Crippen molar-refractivity contribution in [1.82, 2.24) is 5.43 Å². The van der Waals surface area contributed by atoms with Crippen LogP contribution in [0.15, 0.2) is 84.0 Å². The maximum atomic E-state index is 5.96. The molecule has 1 atom stereocenters. The fraction of sp³-hybridized carbons (Fsp3) is 0.0952. The van der Waals surface area contributed by atoms with Crippen LogP contribution >= 0.6 is 11.6 Å². The first-order chi connectivity index (χ1) is 11.8. The van der Waals surface area contributed by atoms with E-state index in [1.807, 2.05) is 18.2 Å². The topological polar surface area (TPSA) is 24.4 Å². The first-order valence-electron chi connectivity index (χ1n) is 8.03. The molecule has 3 aromatic rings. The average Bonchev–Trinajstić information content (AvgIpc) is 3.13. The molecule has 24 heavy (non-hydrogen) atoms. The van der Waals surface area contributed by atoms with E-state index in [2.05, 4.69) is 71.2 Å². The predicted molar refractivity (Wildman–Crippen MR) is 100 cm³/mol. The Hall–Kier alpha value is -2.58. The minimum atomic E-state index is 0.214. The highest BCUT2D eigenvalue weighted by Crippen LogP contribution is 2.27. The monoisotopic (exact) mass is 332 g/mol. The quantitative estimate of drug-likeness (QED) is 0.678. The van der Waals surface area contributed by atoms with Gasteiger partial charge in [0.15, 0.2) is 0 Å². The molecule has 0 radical (unpaired) electrons. The largest absolute Gasteiger partial charge is 0.302 e. The molecular formula is C21H17ClN2. The molecule has 1 unspecified atom stereocenters. The van der Waals surface area contributed by atoms with Crippen LogP contribution < -0.4 is 5.43 Å². The molecule has 3 heteroatoms. The van der Waals surface area contributed by atoms with Crippen molar-refractivity contribution in [2.75, 3.05) is 0 Å². The molecule has 0 fully saturated rings. The number of hydrogen-bond acceptors (Lipinski definition) is 2. The van der Waals surface area contributed by atoms with Gasteiger partial charge in [0.05, 0.1) is 11.8 Å². The van der Waals surface area contributed by atoms with Gasteiger partial charge in [0.2, 0.25) is 0 Å². The molecule has 0 aliphatic carbocycles. The summed E-state index contributed by atoms with van der Waals surface area (Å²) in [4.78, 5) is 0. The lowest BCUT2D eigenvalue weighted by molar-refractivity contribution is 0.620. The van der Waals surface area contributed by atoms with Crippen LogP contribution in [0.4, 0.5) is 0 Å². The molecule has 0 spiro atoms. The first-order valence-corrected chi connectivity index (χ1v) is 8.41. The minimum absolute atomic E-state index is 0.214. The fourth-order valence-electron chi connectivity index (χ4n) is 3.00. The van der Waals surface area contributed by atoms with Crippen molar-refractivity contribution >= 4 is 17.3 Å². The standard InChI is InChI=1S/C21H17ClN2/c22-19-12-10-18(11-13-19)21-14-20(23-24-21)17-8-6-16(7-9-17)15-4-2-1-3-5-15/h1-13,21,24H,14H2. The molecule has 0 aromatic heterocycles. The average molecular weight is 333 g/mol. The Balaban J connectivity index is 1.50. The van der Waals surface area contributed by atoms with Crippen molar-refractivity contribution in [3.05, 3.63) is 95.0 Å². The van der Waals surface area contributed by atoms with E-state index in [0.29, 0.717) is 0 Å². The minimum Gasteiger partial charge on any atom is -0.302 e. The molecule has 0 bridgehead atoms. The Morgan fingerprint density at radius 3 is 2.08 bits per heavy atom. The molecule has 1 aliphatic rings. The van der Waals surface area contributed by atoms with Gasteiger partial charge in [-0.05, 0) is 34.4 Å². The lowest BCUT2D eigenvalue weighted by atomic mass is 9.97. The summed E-state index contributed by atoms with van der Waals surface area (Å²) in [6.07, 6.45) is 0.881. The van der Waals surface area contributed by atoms with Gasteiger partial charge in [-0.15, -0.1) is 0 Å². The lowest BCUT2D eigenvalue weighted by Gasteiger charge is -2.10. The van der Waals surface area contributed by atoms with E-state index in [4.69, 9.17) is 11.6 Å². The summed E-state index contributed by atoms with van der Waals surface area (Å²) in [5, 5.41) is 5.28. The molecule has 0 amide bonds. The first kappa shape index (κ1) is 15.0. The number of nitrogens with one attached hydrogen (secondary N) is 1. The summed E-state index contributed by atoms with van der Waals surface area (Å²) in [6.45, 7) is 0. The van der Waals surface area contributed by atoms with E-state index in [1.165, 1.54) is 22.3 Å². The zero-order valence-corrected chi connectivity index (χ0v) is 13.9. The molecule has 4 rings (SSSR count). The summed E-state index contributed by atoms with van der Waals surface area (Å²) >= 11 is 5.96. The summed E-state index contributed by atoms with van der Waals surface area (Å²) in [6, 6.07) is 27.2. The van der Waals surface area contributed by atoms with Crippen molar-refractivity contribution in [3.8, 4) is 11.1 Å². The smallest absolute Gasteiger partial charge is 0.0745 e. The molecular weight excluding hydrogens is 316 g/mol. The van der Waals surface area contributed by atoms with Crippen molar-refractivity contribution in [2.24, 2.45) is 5.10 Å². The van der Waals surface area contributed by atoms with Gasteiger partial charge in [-0.3, -0.25) is 0 Å². The van der Waals surface area contributed by atoms with E-state index in [1.54, 1.807) is 0 Å². The molecule has 0 saturated heterocycles. The van der Waals surface area contributed by atoms with E-state index in [0.717, 1.165) is 17.2 Å². The second kappa shape index (κ2) is 6.50. The number of rotatable bonds is 3. The van der Waals surface area contributed by atoms with Crippen LogP contribution in [-0.2, 0) is 0 Å². The number of halogens is 1. The van der Waals surface area contributed by atoms with Gasteiger partial charge in [0, 0.05) is 11.4 Å². The number of benzene rings is 3. The van der Waals surface area contributed by atoms with Crippen molar-refractivity contribution in [1.29, 1.82) is 0 Å². The van der Waals surface area contributed by atoms with Crippen LogP contribution in [0.3, 0.4) is 0 Å². The van der Waals surface area contributed by atoms with Crippen LogP contribution in [0.1, 0.15) is 23.6 Å². The van der Waals surface area contributed by atoms with E-state index >= 15 is 0 Å². The van der Waals surface area contributed by atoms with Crippen LogP contribution in [-0.4, -0.2) is 5.71 Å². The van der Waals surface area contributed by atoms with Crippen molar-refractivity contribution in [3.63, 3.8) is 0 Å². The Bertz CT molecular complexity index is 853. The highest BCUT2D eigenvalue weighted by Gasteiger charge is 2.21. The van der Waals surface area contributed by atoms with Gasteiger partial charge < -0.3 is 5.43 Å². The molecule has 1 aliphatic heterocycles. The highest BCUT2D eigenvalue weighted by molar-refractivity contribution is 6.30. The van der Waals surface area contributed by atoms with Crippen LogP contribution in [0.25, 0.3) is 11.1 Å². The number of nitrogens with zero attached hydrogens (tertiary/aromatic N) is 1. The van der Waals surface area contributed by atoms with Crippen molar-refractivity contribution < 1.29 is 0 Å². The van der Waals surface area contributed by atoms with Crippen LogP contribution in [0.2, 0.25) is 5.02 Å². The highest BCUT2D eigenvalue weighted by atomic mass is 35.5. The second-order valence-electron chi connectivity index (χ2n) is 5.94. The summed E-state index contributed by atoms with van der Waals surface area (Å²) in [5.74, 6) is 0. The zero-order chi connectivity index (χ0) is 16.4. The van der Waals surface area contributed by atoms with Gasteiger partial charge >= 0.3 is 0 Å². The predicted octanol–water partition coefficient (Wildman–Crippen LogP) is 5.45. The summed E-state index contributed by atoms with van der Waals surface area (Å²) in [5.41, 5.74) is 9.15. The maximum Gasteiger partial charge on any atom is 0.0745 e. The zero-order valence-electron chi connectivity index (χ0n) is 13.1. The Kier molecular flexibility index (Phi) is 4.06. The lowest BCUT2D eigenvalue weighted by Crippen LogP contribution is -2.09. The molecule has 2 nitrogen and oxygen atoms in total. The fourth-order valence-corrected chi connectivity index (χ4v) is 3.12. The maximum absolute atomic E-state index is 5.96. The van der Waals surface area contributed by atoms with E-state index < -0.39 is 0 Å². The summed E-state index contributed by atoms with van der Waals surface area (Å²) in [7, 11) is 0. The van der Waals surface area contributed by atoms with Gasteiger partial charge in [-0.2, -0.15) is 5.10 Å². The third kappa shape index (κ3) is 3.06. The second-order valence-corrected chi connectivity index (χ2v) is 6.38. The SMILES string of the molecule is Clc1ccc(C2CC(c3ccc(-c4ccccc4)cc3)=NN2)cc1. The van der Waals surface area contributed by atoms with Gasteiger partial charge in [0.25, 0.3) is 0 Å². The van der Waals surface area contributed by atoms with Gasteiger partial charge in [0.1, 0.15) is 0 Å². The number of hydrazone groups is 1. The third-order valence-corrected chi connectivity index (χ3v) is 4.60. The molecule has 3 aromatic carbocycles. The summed E-state index contributed by atoms with van der Waals surface area (Å²) < 4.78 is 0. The normalized spacial score (nSPS) is 16.5. The third-order valence-electron chi connectivity index (χ3n) is 4.35. The Morgan fingerprint density at radius 1 is 0.750 bits per heavy atom. The van der Waals surface area contributed by atoms with E-state index in [-0.39, 0.29) is 6.04 Å². The van der Waals surface area contributed by atoms with Crippen molar-refractivity contribution in [2.45, 2.75) is 12.5 Å². The molecule has 1 heterocycles. The Labute approximate surface area is 146 Å². The van der Waals surface area contributed by atoms with Gasteiger partial charge in [-0.1, -0.05) is 78.3 Å². The number of hydrogen-bond donors (Lipinski definition) is 1. The molecule has 0 saturated carbocycles. The molecule has 1 N–H and O–H groups in total.